The van der Waals surface area contributed by atoms with Crippen LogP contribution in [0.4, 0.5) is 0 Å². The molecule has 1 N–H and O–H groups in total. The molecule has 0 atom stereocenters. The standard InChI is InChI=1S/C16H24N2/c1-4-15(5-2)18-11-10-13-8-7-9-14(16(13)18)12-17-6-3/h7-11,15,17H,4-6,12H2,1-3H3. The van der Waals surface area contributed by atoms with E-state index in [-0.39, 0.29) is 0 Å². The summed E-state index contributed by atoms with van der Waals surface area (Å²) in [5.74, 6) is 0. The summed E-state index contributed by atoms with van der Waals surface area (Å²) in [5.41, 5.74) is 2.82. The van der Waals surface area contributed by atoms with E-state index in [0.29, 0.717) is 6.04 Å². The van der Waals surface area contributed by atoms with Crippen molar-refractivity contribution < 1.29 is 0 Å². The molecule has 0 bridgehead atoms. The second kappa shape index (κ2) is 6.05. The zero-order chi connectivity index (χ0) is 13.0. The van der Waals surface area contributed by atoms with Crippen molar-refractivity contribution >= 4 is 10.9 Å². The minimum absolute atomic E-state index is 0.616. The first kappa shape index (κ1) is 13.2. The van der Waals surface area contributed by atoms with Crippen molar-refractivity contribution in [2.24, 2.45) is 0 Å². The van der Waals surface area contributed by atoms with Gasteiger partial charge in [-0.1, -0.05) is 39.0 Å². The molecule has 0 fully saturated rings. The fourth-order valence-electron chi connectivity index (χ4n) is 2.68. The quantitative estimate of drug-likeness (QED) is 0.809. The monoisotopic (exact) mass is 244 g/mol. The van der Waals surface area contributed by atoms with Crippen LogP contribution in [0.3, 0.4) is 0 Å². The molecule has 0 unspecified atom stereocenters. The van der Waals surface area contributed by atoms with Crippen LogP contribution in [0.25, 0.3) is 10.9 Å². The summed E-state index contributed by atoms with van der Waals surface area (Å²) < 4.78 is 2.46. The van der Waals surface area contributed by atoms with Crippen LogP contribution in [-0.4, -0.2) is 11.1 Å². The predicted molar refractivity (Wildman–Crippen MR) is 78.9 cm³/mol. The highest BCUT2D eigenvalue weighted by Crippen LogP contribution is 2.26. The molecule has 0 saturated heterocycles. The molecule has 18 heavy (non-hydrogen) atoms. The van der Waals surface area contributed by atoms with Gasteiger partial charge >= 0.3 is 0 Å². The highest BCUT2D eigenvalue weighted by Gasteiger charge is 2.11. The number of rotatable bonds is 6. The second-order valence-electron chi connectivity index (χ2n) is 4.83. The molecule has 1 aromatic carbocycles. The number of para-hydroxylation sites is 1. The van der Waals surface area contributed by atoms with Gasteiger partial charge in [-0.05, 0) is 36.4 Å². The molecule has 0 radical (unpaired) electrons. The van der Waals surface area contributed by atoms with E-state index in [0.717, 1.165) is 13.1 Å². The largest absolute Gasteiger partial charge is 0.344 e. The summed E-state index contributed by atoms with van der Waals surface area (Å²) in [5, 5.41) is 4.79. The van der Waals surface area contributed by atoms with Crippen LogP contribution in [0, 0.1) is 0 Å². The number of aromatic nitrogens is 1. The van der Waals surface area contributed by atoms with E-state index in [9.17, 15) is 0 Å². The maximum atomic E-state index is 3.44. The third-order valence-corrected chi connectivity index (χ3v) is 3.73. The zero-order valence-corrected chi connectivity index (χ0v) is 11.7. The van der Waals surface area contributed by atoms with Crippen molar-refractivity contribution in [3.05, 3.63) is 36.0 Å². The maximum Gasteiger partial charge on any atom is 0.0528 e. The van der Waals surface area contributed by atoms with Gasteiger partial charge in [0.1, 0.15) is 0 Å². The lowest BCUT2D eigenvalue weighted by Gasteiger charge is -2.18. The lowest BCUT2D eigenvalue weighted by molar-refractivity contribution is 0.484. The van der Waals surface area contributed by atoms with Gasteiger partial charge in [0.2, 0.25) is 0 Å². The SMILES string of the molecule is CCNCc1cccc2ccn(C(CC)CC)c12. The van der Waals surface area contributed by atoms with E-state index < -0.39 is 0 Å². The van der Waals surface area contributed by atoms with Gasteiger partial charge in [0.05, 0.1) is 5.52 Å². The Kier molecular flexibility index (Phi) is 4.43. The Bertz CT molecular complexity index is 495. The van der Waals surface area contributed by atoms with Crippen molar-refractivity contribution in [2.45, 2.75) is 46.2 Å². The molecule has 1 heterocycles. The van der Waals surface area contributed by atoms with Crippen LogP contribution >= 0.6 is 0 Å². The Labute approximate surface area is 110 Å². The highest BCUT2D eigenvalue weighted by molar-refractivity contribution is 5.83. The van der Waals surface area contributed by atoms with Crippen LogP contribution in [0.1, 0.15) is 45.2 Å². The number of nitrogens with zero attached hydrogens (tertiary/aromatic N) is 1. The average Bonchev–Trinajstić information content (AvgIpc) is 2.83. The van der Waals surface area contributed by atoms with Crippen LogP contribution in [-0.2, 0) is 6.54 Å². The summed E-state index contributed by atoms with van der Waals surface area (Å²) in [6.07, 6.45) is 4.63. The van der Waals surface area contributed by atoms with Crippen molar-refractivity contribution in [1.29, 1.82) is 0 Å². The molecule has 0 aliphatic carbocycles. The topological polar surface area (TPSA) is 17.0 Å². The van der Waals surface area contributed by atoms with E-state index in [1.54, 1.807) is 0 Å². The van der Waals surface area contributed by atoms with Gasteiger partial charge < -0.3 is 9.88 Å². The van der Waals surface area contributed by atoms with E-state index in [4.69, 9.17) is 0 Å². The lowest BCUT2D eigenvalue weighted by Crippen LogP contribution is -2.14. The fourth-order valence-corrected chi connectivity index (χ4v) is 2.68. The van der Waals surface area contributed by atoms with Gasteiger partial charge in [-0.25, -0.2) is 0 Å². The molecular weight excluding hydrogens is 220 g/mol. The van der Waals surface area contributed by atoms with Crippen LogP contribution in [0.15, 0.2) is 30.5 Å². The summed E-state index contributed by atoms with van der Waals surface area (Å²) in [6.45, 7) is 8.67. The summed E-state index contributed by atoms with van der Waals surface area (Å²) >= 11 is 0. The average molecular weight is 244 g/mol. The van der Waals surface area contributed by atoms with E-state index in [2.05, 4.69) is 61.1 Å². The molecule has 0 aliphatic rings. The zero-order valence-electron chi connectivity index (χ0n) is 11.7. The minimum Gasteiger partial charge on any atom is -0.344 e. The second-order valence-corrected chi connectivity index (χ2v) is 4.83. The third kappa shape index (κ3) is 2.44. The van der Waals surface area contributed by atoms with Crippen LogP contribution in [0.2, 0.25) is 0 Å². The molecule has 1 aromatic heterocycles. The van der Waals surface area contributed by atoms with Gasteiger partial charge in [0.25, 0.3) is 0 Å². The van der Waals surface area contributed by atoms with Crippen molar-refractivity contribution in [3.8, 4) is 0 Å². The molecule has 2 aromatic rings. The molecule has 2 heteroatoms. The Balaban J connectivity index is 2.47. The Hall–Kier alpha value is -1.28. The molecule has 0 spiro atoms. The first-order chi connectivity index (χ1) is 8.81. The first-order valence-corrected chi connectivity index (χ1v) is 7.10. The van der Waals surface area contributed by atoms with E-state index in [1.807, 2.05) is 0 Å². The Morgan fingerprint density at radius 3 is 2.56 bits per heavy atom. The summed E-state index contributed by atoms with van der Waals surface area (Å²) in [4.78, 5) is 0. The molecule has 2 nitrogen and oxygen atoms in total. The third-order valence-electron chi connectivity index (χ3n) is 3.73. The summed E-state index contributed by atoms with van der Waals surface area (Å²) in [7, 11) is 0. The van der Waals surface area contributed by atoms with Gasteiger partial charge in [-0.3, -0.25) is 0 Å². The molecule has 98 valence electrons. The number of fused-ring (bicyclic) bond motifs is 1. The van der Waals surface area contributed by atoms with E-state index in [1.165, 1.54) is 29.3 Å². The van der Waals surface area contributed by atoms with Crippen molar-refractivity contribution in [3.63, 3.8) is 0 Å². The normalized spacial score (nSPS) is 11.6. The smallest absolute Gasteiger partial charge is 0.0528 e. The fraction of sp³-hybridized carbons (Fsp3) is 0.500. The van der Waals surface area contributed by atoms with Gasteiger partial charge in [-0.2, -0.15) is 0 Å². The lowest BCUT2D eigenvalue weighted by atomic mass is 10.1. The van der Waals surface area contributed by atoms with Crippen molar-refractivity contribution in [1.82, 2.24) is 9.88 Å². The number of benzene rings is 1. The van der Waals surface area contributed by atoms with Gasteiger partial charge in [0, 0.05) is 18.8 Å². The van der Waals surface area contributed by atoms with E-state index >= 15 is 0 Å². The molecule has 2 rings (SSSR count). The molecule has 0 aliphatic heterocycles. The summed E-state index contributed by atoms with van der Waals surface area (Å²) in [6, 6.07) is 9.47. The number of hydrogen-bond donors (Lipinski definition) is 1. The molecular formula is C16H24N2. The first-order valence-electron chi connectivity index (χ1n) is 7.10. The van der Waals surface area contributed by atoms with Gasteiger partial charge in [-0.15, -0.1) is 0 Å². The number of hydrogen-bond acceptors (Lipinski definition) is 1. The Morgan fingerprint density at radius 1 is 1.11 bits per heavy atom. The van der Waals surface area contributed by atoms with Crippen LogP contribution in [0.5, 0.6) is 0 Å². The Morgan fingerprint density at radius 2 is 1.89 bits per heavy atom. The maximum absolute atomic E-state index is 3.44. The minimum atomic E-state index is 0.616. The van der Waals surface area contributed by atoms with Crippen LogP contribution < -0.4 is 5.32 Å². The highest BCUT2D eigenvalue weighted by atomic mass is 15.0. The number of nitrogens with one attached hydrogen (secondary N) is 1. The predicted octanol–water partition coefficient (Wildman–Crippen LogP) is 4.11. The van der Waals surface area contributed by atoms with Crippen molar-refractivity contribution in [2.75, 3.05) is 6.54 Å². The van der Waals surface area contributed by atoms with Gasteiger partial charge in [0.15, 0.2) is 0 Å². The molecule has 0 saturated carbocycles. The molecule has 0 amide bonds.